The Hall–Kier alpha value is -2.49. The molecule has 1 N–H and O–H groups in total. The lowest BCUT2D eigenvalue weighted by atomic mass is 10.3. The number of benzene rings is 2. The van der Waals surface area contributed by atoms with Crippen LogP contribution in [-0.2, 0) is 20.9 Å². The van der Waals surface area contributed by atoms with Gasteiger partial charge in [-0.1, -0.05) is 11.3 Å². The Morgan fingerprint density at radius 2 is 2.00 bits per heavy atom. The van der Waals surface area contributed by atoms with Crippen LogP contribution in [0.5, 0.6) is 0 Å². The molecule has 0 fully saturated rings. The number of anilines is 1. The van der Waals surface area contributed by atoms with Crippen LogP contribution in [0, 0.1) is 5.82 Å². The van der Waals surface area contributed by atoms with E-state index in [4.69, 9.17) is 4.74 Å². The van der Waals surface area contributed by atoms with E-state index < -0.39 is 0 Å². The molecule has 164 valence electrons. The van der Waals surface area contributed by atoms with Crippen LogP contribution in [0.2, 0.25) is 0 Å². The van der Waals surface area contributed by atoms with Crippen molar-refractivity contribution in [2.45, 2.75) is 31.2 Å². The molecule has 2 amide bonds. The van der Waals surface area contributed by atoms with Crippen LogP contribution in [0.25, 0.3) is 10.2 Å². The summed E-state index contributed by atoms with van der Waals surface area (Å²) in [5.74, 6) is 0.178. The van der Waals surface area contributed by atoms with Gasteiger partial charge < -0.3 is 14.6 Å². The molecule has 0 spiro atoms. The first-order chi connectivity index (χ1) is 15.0. The molecule has 0 aliphatic heterocycles. The van der Waals surface area contributed by atoms with Crippen molar-refractivity contribution in [2.24, 2.45) is 4.99 Å². The molecule has 1 aromatic heterocycles. The highest BCUT2D eigenvalue weighted by molar-refractivity contribution is 7.99. The van der Waals surface area contributed by atoms with Gasteiger partial charge in [-0.2, -0.15) is 4.99 Å². The zero-order valence-corrected chi connectivity index (χ0v) is 19.0. The number of aromatic nitrogens is 1. The van der Waals surface area contributed by atoms with Crippen molar-refractivity contribution in [1.29, 1.82) is 0 Å². The maximum absolute atomic E-state index is 13.0. The van der Waals surface area contributed by atoms with E-state index in [1.807, 2.05) is 22.8 Å². The van der Waals surface area contributed by atoms with Crippen molar-refractivity contribution in [3.63, 3.8) is 0 Å². The molecule has 0 saturated carbocycles. The van der Waals surface area contributed by atoms with Crippen LogP contribution >= 0.6 is 23.1 Å². The van der Waals surface area contributed by atoms with Crippen LogP contribution in [-0.4, -0.2) is 35.9 Å². The maximum atomic E-state index is 13.0. The SMILES string of the molecule is COCCn1c(=NC(=O)CCCSc2ccc(F)cc2)sc2cc(NC(C)=O)ccc21. The number of carbonyl (C=O) groups excluding carboxylic acids is 2. The first-order valence-corrected chi connectivity index (χ1v) is 11.6. The predicted octanol–water partition coefficient (Wildman–Crippen LogP) is 4.45. The lowest BCUT2D eigenvalue weighted by Crippen LogP contribution is -2.19. The Kier molecular flexibility index (Phi) is 8.39. The molecule has 0 aliphatic carbocycles. The van der Waals surface area contributed by atoms with E-state index in [0.29, 0.717) is 36.5 Å². The summed E-state index contributed by atoms with van der Waals surface area (Å²) in [5.41, 5.74) is 1.64. The minimum Gasteiger partial charge on any atom is -0.383 e. The number of fused-ring (bicyclic) bond motifs is 1. The van der Waals surface area contributed by atoms with E-state index in [0.717, 1.165) is 20.9 Å². The number of thiazole rings is 1. The maximum Gasteiger partial charge on any atom is 0.248 e. The van der Waals surface area contributed by atoms with Crippen LogP contribution in [0.15, 0.2) is 52.4 Å². The third-order valence-electron chi connectivity index (χ3n) is 4.36. The van der Waals surface area contributed by atoms with E-state index in [1.54, 1.807) is 31.0 Å². The summed E-state index contributed by atoms with van der Waals surface area (Å²) in [6.45, 7) is 2.53. The Labute approximate surface area is 188 Å². The number of nitrogens with one attached hydrogen (secondary N) is 1. The smallest absolute Gasteiger partial charge is 0.248 e. The van der Waals surface area contributed by atoms with Gasteiger partial charge in [0, 0.05) is 37.6 Å². The average molecular weight is 462 g/mol. The van der Waals surface area contributed by atoms with Crippen LogP contribution in [0.4, 0.5) is 10.1 Å². The topological polar surface area (TPSA) is 72.7 Å². The summed E-state index contributed by atoms with van der Waals surface area (Å²) in [6.07, 6.45) is 1.02. The normalized spacial score (nSPS) is 11.8. The number of methoxy groups -OCH3 is 1. The van der Waals surface area contributed by atoms with Crippen molar-refractivity contribution in [2.75, 3.05) is 24.8 Å². The van der Waals surface area contributed by atoms with Crippen molar-refractivity contribution in [3.05, 3.63) is 53.1 Å². The van der Waals surface area contributed by atoms with Gasteiger partial charge in [0.15, 0.2) is 4.80 Å². The number of hydrogen-bond acceptors (Lipinski definition) is 5. The number of thioether (sulfide) groups is 1. The third kappa shape index (κ3) is 6.75. The molecule has 0 atom stereocenters. The molecule has 1 heterocycles. The minimum absolute atomic E-state index is 0.137. The van der Waals surface area contributed by atoms with Gasteiger partial charge in [0.25, 0.3) is 0 Å². The first kappa shape index (κ1) is 23.2. The molecule has 3 rings (SSSR count). The van der Waals surface area contributed by atoms with Crippen molar-refractivity contribution in [3.8, 4) is 0 Å². The third-order valence-corrected chi connectivity index (χ3v) is 6.50. The number of nitrogens with zero attached hydrogens (tertiary/aromatic N) is 2. The molecule has 31 heavy (non-hydrogen) atoms. The summed E-state index contributed by atoms with van der Waals surface area (Å²) in [6, 6.07) is 12.0. The van der Waals surface area contributed by atoms with E-state index >= 15 is 0 Å². The van der Waals surface area contributed by atoms with Crippen molar-refractivity contribution < 1.29 is 18.7 Å². The van der Waals surface area contributed by atoms with Gasteiger partial charge in [-0.25, -0.2) is 4.39 Å². The summed E-state index contributed by atoms with van der Waals surface area (Å²) in [7, 11) is 1.63. The largest absolute Gasteiger partial charge is 0.383 e. The molecule has 0 aliphatic rings. The molecule has 6 nitrogen and oxygen atoms in total. The van der Waals surface area contributed by atoms with E-state index in [1.165, 1.54) is 30.4 Å². The lowest BCUT2D eigenvalue weighted by Gasteiger charge is -2.05. The Balaban J connectivity index is 1.71. The fourth-order valence-corrected chi connectivity index (χ4v) is 4.91. The standard InChI is InChI=1S/C22H24FN3O3S2/c1-15(27)24-17-7-10-19-20(14-17)31-22(26(19)11-12-29-2)25-21(28)4-3-13-30-18-8-5-16(23)6-9-18/h5-10,14H,3-4,11-13H2,1-2H3,(H,24,27). The number of carbonyl (C=O) groups is 2. The summed E-state index contributed by atoms with van der Waals surface area (Å²) >= 11 is 3.00. The lowest BCUT2D eigenvalue weighted by molar-refractivity contribution is -0.118. The molecular formula is C22H24FN3O3S2. The fraction of sp³-hybridized carbons (Fsp3) is 0.318. The molecule has 0 saturated heterocycles. The molecule has 0 radical (unpaired) electrons. The highest BCUT2D eigenvalue weighted by atomic mass is 32.2. The van der Waals surface area contributed by atoms with Gasteiger partial charge in [-0.05, 0) is 54.6 Å². The average Bonchev–Trinajstić information content (AvgIpc) is 3.06. The minimum atomic E-state index is -0.257. The van der Waals surface area contributed by atoms with Gasteiger partial charge >= 0.3 is 0 Å². The van der Waals surface area contributed by atoms with Gasteiger partial charge in [-0.3, -0.25) is 9.59 Å². The molecule has 9 heteroatoms. The van der Waals surface area contributed by atoms with Crippen LogP contribution in [0.1, 0.15) is 19.8 Å². The quantitative estimate of drug-likeness (QED) is 0.378. The van der Waals surface area contributed by atoms with Gasteiger partial charge in [0.05, 0.1) is 16.8 Å². The Bertz CT molecular complexity index is 1120. The molecular weight excluding hydrogens is 437 g/mol. The number of hydrogen-bond donors (Lipinski definition) is 1. The number of amides is 2. The van der Waals surface area contributed by atoms with Gasteiger partial charge in [-0.15, -0.1) is 11.8 Å². The second-order valence-electron chi connectivity index (χ2n) is 6.80. The number of halogens is 1. The Morgan fingerprint density at radius 3 is 2.71 bits per heavy atom. The second kappa shape index (κ2) is 11.2. The molecule has 0 unspecified atom stereocenters. The molecule has 3 aromatic rings. The highest BCUT2D eigenvalue weighted by Gasteiger charge is 2.10. The zero-order chi connectivity index (χ0) is 22.2. The monoisotopic (exact) mass is 461 g/mol. The molecule has 2 aromatic carbocycles. The highest BCUT2D eigenvalue weighted by Crippen LogP contribution is 2.22. The Morgan fingerprint density at radius 1 is 1.23 bits per heavy atom. The van der Waals surface area contributed by atoms with E-state index in [-0.39, 0.29) is 17.6 Å². The predicted molar refractivity (Wildman–Crippen MR) is 123 cm³/mol. The van der Waals surface area contributed by atoms with E-state index in [9.17, 15) is 14.0 Å². The summed E-state index contributed by atoms with van der Waals surface area (Å²) < 4.78 is 21.1. The van der Waals surface area contributed by atoms with Crippen LogP contribution in [0.3, 0.4) is 0 Å². The summed E-state index contributed by atoms with van der Waals surface area (Å²) in [4.78, 5) is 29.7. The molecule has 0 bridgehead atoms. The first-order valence-electron chi connectivity index (χ1n) is 9.82. The van der Waals surface area contributed by atoms with Crippen molar-refractivity contribution in [1.82, 2.24) is 4.57 Å². The number of ether oxygens (including phenoxy) is 1. The van der Waals surface area contributed by atoms with Gasteiger partial charge in [0.1, 0.15) is 5.82 Å². The zero-order valence-electron chi connectivity index (χ0n) is 17.4. The fourth-order valence-electron chi connectivity index (χ4n) is 2.95. The second-order valence-corrected chi connectivity index (χ2v) is 8.98. The van der Waals surface area contributed by atoms with E-state index in [2.05, 4.69) is 10.3 Å². The number of rotatable bonds is 9. The summed E-state index contributed by atoms with van der Waals surface area (Å²) in [5, 5.41) is 2.77. The van der Waals surface area contributed by atoms with Crippen LogP contribution < -0.4 is 10.1 Å². The van der Waals surface area contributed by atoms with Gasteiger partial charge in [0.2, 0.25) is 11.8 Å². The van der Waals surface area contributed by atoms with Crippen molar-refractivity contribution >= 4 is 50.8 Å².